The molecule has 0 saturated heterocycles. The van der Waals surface area contributed by atoms with Gasteiger partial charge in [-0.1, -0.05) is 35.9 Å². The van der Waals surface area contributed by atoms with E-state index >= 15 is 0 Å². The molecule has 1 amide bonds. The third kappa shape index (κ3) is 4.24. The van der Waals surface area contributed by atoms with Crippen LogP contribution in [0.2, 0.25) is 0 Å². The fraction of sp³-hybridized carbons (Fsp3) is 0.235. The Hall–Kier alpha value is -2.49. The molecule has 108 valence electrons. The van der Waals surface area contributed by atoms with Crippen molar-refractivity contribution in [3.63, 3.8) is 0 Å². The molecule has 0 aliphatic heterocycles. The molecule has 1 aromatic heterocycles. The van der Waals surface area contributed by atoms with Crippen LogP contribution in [0.5, 0.6) is 0 Å². The number of benzene rings is 1. The Morgan fingerprint density at radius 1 is 1.14 bits per heavy atom. The van der Waals surface area contributed by atoms with E-state index < -0.39 is 0 Å². The number of Topliss-reactive ketones (excluding diaryl/α,β-unsaturated/α-hetero) is 1. The fourth-order valence-corrected chi connectivity index (χ4v) is 2.07. The van der Waals surface area contributed by atoms with Crippen LogP contribution in [-0.4, -0.2) is 16.7 Å². The second-order valence-electron chi connectivity index (χ2n) is 5.06. The molecular weight excluding hydrogens is 264 g/mol. The Kier molecular flexibility index (Phi) is 4.82. The summed E-state index contributed by atoms with van der Waals surface area (Å²) in [6.45, 7) is 3.52. The van der Waals surface area contributed by atoms with Crippen LogP contribution in [0.4, 0.5) is 0 Å². The summed E-state index contributed by atoms with van der Waals surface area (Å²) in [4.78, 5) is 27.7. The van der Waals surface area contributed by atoms with Gasteiger partial charge >= 0.3 is 0 Å². The van der Waals surface area contributed by atoms with E-state index in [1.165, 1.54) is 6.92 Å². The van der Waals surface area contributed by atoms with E-state index in [-0.39, 0.29) is 24.2 Å². The molecule has 0 radical (unpaired) electrons. The van der Waals surface area contributed by atoms with Gasteiger partial charge in [0.25, 0.3) is 5.91 Å². The molecule has 1 aromatic carbocycles. The lowest BCUT2D eigenvalue weighted by molar-refractivity contribution is -0.117. The maximum Gasteiger partial charge on any atom is 0.270 e. The minimum absolute atomic E-state index is 0.0295. The van der Waals surface area contributed by atoms with Gasteiger partial charge in [0.2, 0.25) is 0 Å². The van der Waals surface area contributed by atoms with Gasteiger partial charge in [0, 0.05) is 12.6 Å². The van der Waals surface area contributed by atoms with Gasteiger partial charge in [-0.25, -0.2) is 0 Å². The number of aromatic nitrogens is 1. The van der Waals surface area contributed by atoms with Gasteiger partial charge in [-0.15, -0.1) is 0 Å². The van der Waals surface area contributed by atoms with Crippen molar-refractivity contribution in [1.82, 2.24) is 10.3 Å². The molecule has 0 saturated carbocycles. The standard InChI is InChI=1S/C17H18N2O2/c1-12-6-8-14(9-7-12)16(11-13(2)20)19-17(21)15-5-3-4-10-18-15/h3-10,16H,11H2,1-2H3,(H,19,21). The third-order valence-corrected chi connectivity index (χ3v) is 3.17. The van der Waals surface area contributed by atoms with Crippen molar-refractivity contribution in [2.75, 3.05) is 0 Å². The second-order valence-corrected chi connectivity index (χ2v) is 5.06. The molecule has 1 heterocycles. The normalized spacial score (nSPS) is 11.7. The van der Waals surface area contributed by atoms with Crippen molar-refractivity contribution in [1.29, 1.82) is 0 Å². The van der Waals surface area contributed by atoms with Gasteiger partial charge in [0.1, 0.15) is 11.5 Å². The molecule has 0 bridgehead atoms. The Morgan fingerprint density at radius 2 is 1.86 bits per heavy atom. The number of carbonyl (C=O) groups is 2. The molecule has 2 aromatic rings. The molecule has 0 aliphatic carbocycles. The van der Waals surface area contributed by atoms with E-state index in [1.807, 2.05) is 31.2 Å². The molecule has 1 unspecified atom stereocenters. The molecule has 0 fully saturated rings. The molecular formula is C17H18N2O2. The van der Waals surface area contributed by atoms with Crippen molar-refractivity contribution < 1.29 is 9.59 Å². The first-order chi connectivity index (χ1) is 10.1. The van der Waals surface area contributed by atoms with Gasteiger partial charge in [-0.2, -0.15) is 0 Å². The van der Waals surface area contributed by atoms with Gasteiger partial charge in [0.15, 0.2) is 0 Å². The van der Waals surface area contributed by atoms with Crippen LogP contribution in [0.15, 0.2) is 48.7 Å². The highest BCUT2D eigenvalue weighted by Gasteiger charge is 2.18. The number of amides is 1. The summed E-state index contributed by atoms with van der Waals surface area (Å²) in [6.07, 6.45) is 1.84. The van der Waals surface area contributed by atoms with Crippen LogP contribution in [0, 0.1) is 6.92 Å². The molecule has 4 nitrogen and oxygen atoms in total. The topological polar surface area (TPSA) is 59.1 Å². The third-order valence-electron chi connectivity index (χ3n) is 3.17. The number of aryl methyl sites for hydroxylation is 1. The Morgan fingerprint density at radius 3 is 2.43 bits per heavy atom. The van der Waals surface area contributed by atoms with Gasteiger partial charge in [-0.3, -0.25) is 14.6 Å². The maximum atomic E-state index is 12.2. The number of hydrogen-bond donors (Lipinski definition) is 1. The Bertz CT molecular complexity index is 621. The van der Waals surface area contributed by atoms with Crippen LogP contribution in [0.25, 0.3) is 0 Å². The smallest absolute Gasteiger partial charge is 0.270 e. The van der Waals surface area contributed by atoms with Crippen molar-refractivity contribution in [2.24, 2.45) is 0 Å². The zero-order valence-electron chi connectivity index (χ0n) is 12.2. The molecule has 21 heavy (non-hydrogen) atoms. The number of ketones is 1. The highest BCUT2D eigenvalue weighted by molar-refractivity contribution is 5.92. The minimum atomic E-state index is -0.336. The van der Waals surface area contributed by atoms with Crippen LogP contribution >= 0.6 is 0 Å². The maximum absolute atomic E-state index is 12.2. The molecule has 0 spiro atoms. The fourth-order valence-electron chi connectivity index (χ4n) is 2.07. The lowest BCUT2D eigenvalue weighted by Crippen LogP contribution is -2.30. The number of rotatable bonds is 5. The number of nitrogens with zero attached hydrogens (tertiary/aromatic N) is 1. The largest absolute Gasteiger partial charge is 0.343 e. The minimum Gasteiger partial charge on any atom is -0.343 e. The van der Waals surface area contributed by atoms with E-state index in [0.29, 0.717) is 5.69 Å². The Balaban J connectivity index is 2.18. The first kappa shape index (κ1) is 14.9. The second kappa shape index (κ2) is 6.79. The average molecular weight is 282 g/mol. The highest BCUT2D eigenvalue weighted by Crippen LogP contribution is 2.18. The number of carbonyl (C=O) groups excluding carboxylic acids is 2. The van der Waals surface area contributed by atoms with Crippen molar-refractivity contribution in [3.8, 4) is 0 Å². The SMILES string of the molecule is CC(=O)CC(NC(=O)c1ccccn1)c1ccc(C)cc1. The van der Waals surface area contributed by atoms with Crippen LogP contribution in [0.3, 0.4) is 0 Å². The summed E-state index contributed by atoms with van der Waals surface area (Å²) < 4.78 is 0. The Labute approximate surface area is 124 Å². The lowest BCUT2D eigenvalue weighted by Gasteiger charge is -2.18. The summed E-state index contributed by atoms with van der Waals surface area (Å²) in [5.74, 6) is -0.246. The lowest BCUT2D eigenvalue weighted by atomic mass is 10.0. The van der Waals surface area contributed by atoms with Crippen LogP contribution in [0.1, 0.15) is 41.0 Å². The molecule has 1 atom stereocenters. The van der Waals surface area contributed by atoms with Gasteiger partial charge < -0.3 is 5.32 Å². The zero-order valence-corrected chi connectivity index (χ0v) is 12.2. The predicted octanol–water partition coefficient (Wildman–Crippen LogP) is 2.84. The van der Waals surface area contributed by atoms with E-state index in [9.17, 15) is 9.59 Å². The monoisotopic (exact) mass is 282 g/mol. The summed E-state index contributed by atoms with van der Waals surface area (Å²) in [5.41, 5.74) is 2.40. The molecule has 4 heteroatoms. The van der Waals surface area contributed by atoms with Gasteiger partial charge in [-0.05, 0) is 31.5 Å². The molecule has 0 aliphatic rings. The number of nitrogens with one attached hydrogen (secondary N) is 1. The number of pyridine rings is 1. The predicted molar refractivity (Wildman–Crippen MR) is 80.9 cm³/mol. The van der Waals surface area contributed by atoms with E-state index in [0.717, 1.165) is 11.1 Å². The summed E-state index contributed by atoms with van der Waals surface area (Å²) in [6, 6.07) is 12.6. The first-order valence-corrected chi connectivity index (χ1v) is 6.84. The zero-order chi connectivity index (χ0) is 15.2. The van der Waals surface area contributed by atoms with E-state index in [2.05, 4.69) is 10.3 Å². The summed E-state index contributed by atoms with van der Waals surface area (Å²) in [7, 11) is 0. The number of hydrogen-bond acceptors (Lipinski definition) is 3. The quantitative estimate of drug-likeness (QED) is 0.917. The molecule has 1 N–H and O–H groups in total. The van der Waals surface area contributed by atoms with Crippen molar-refractivity contribution in [3.05, 3.63) is 65.5 Å². The van der Waals surface area contributed by atoms with E-state index in [1.54, 1.807) is 24.4 Å². The van der Waals surface area contributed by atoms with Crippen molar-refractivity contribution in [2.45, 2.75) is 26.3 Å². The van der Waals surface area contributed by atoms with Gasteiger partial charge in [0.05, 0.1) is 6.04 Å². The average Bonchev–Trinajstić information content (AvgIpc) is 2.48. The highest BCUT2D eigenvalue weighted by atomic mass is 16.2. The van der Waals surface area contributed by atoms with Crippen molar-refractivity contribution >= 4 is 11.7 Å². The summed E-state index contributed by atoms with van der Waals surface area (Å²) >= 11 is 0. The van der Waals surface area contributed by atoms with Crippen LogP contribution in [-0.2, 0) is 4.79 Å². The summed E-state index contributed by atoms with van der Waals surface area (Å²) in [5, 5.41) is 2.88. The first-order valence-electron chi connectivity index (χ1n) is 6.84. The molecule has 2 rings (SSSR count). The van der Waals surface area contributed by atoms with E-state index in [4.69, 9.17) is 0 Å². The van der Waals surface area contributed by atoms with Crippen LogP contribution < -0.4 is 5.32 Å².